The first kappa shape index (κ1) is 25.8. The highest BCUT2D eigenvalue weighted by molar-refractivity contribution is 9.10. The van der Waals surface area contributed by atoms with Gasteiger partial charge in [0.1, 0.15) is 6.61 Å². The second-order valence-electron chi connectivity index (χ2n) is 9.56. The minimum atomic E-state index is -0.244. The van der Waals surface area contributed by atoms with E-state index in [0.717, 1.165) is 52.1 Å². The van der Waals surface area contributed by atoms with Gasteiger partial charge in [-0.25, -0.2) is 9.36 Å². The Bertz CT molecular complexity index is 1490. The average Bonchev–Trinajstić information content (AvgIpc) is 3.60. The van der Waals surface area contributed by atoms with Crippen molar-refractivity contribution >= 4 is 50.8 Å². The van der Waals surface area contributed by atoms with Crippen LogP contribution in [0.5, 0.6) is 11.5 Å². The third-order valence-corrected chi connectivity index (χ3v) is 8.88. The summed E-state index contributed by atoms with van der Waals surface area (Å²) < 4.78 is 19.4. The molecule has 12 heteroatoms. The molecular weight excluding hydrogens is 584 g/mol. The third kappa shape index (κ3) is 5.76. The summed E-state index contributed by atoms with van der Waals surface area (Å²) >= 11 is 5.09. The molecule has 0 unspecified atom stereocenters. The number of ether oxygens (including phenoxy) is 3. The van der Waals surface area contributed by atoms with Gasteiger partial charge in [0.15, 0.2) is 17.0 Å². The van der Waals surface area contributed by atoms with Crippen LogP contribution >= 0.6 is 27.7 Å². The molecule has 3 N–H and O–H groups in total. The molecule has 2 aliphatic heterocycles. The van der Waals surface area contributed by atoms with Gasteiger partial charge in [0.2, 0.25) is 24.1 Å². The van der Waals surface area contributed by atoms with Gasteiger partial charge in [-0.05, 0) is 70.6 Å². The molecule has 2 aromatic carbocycles. The maximum absolute atomic E-state index is 12.5. The van der Waals surface area contributed by atoms with Gasteiger partial charge in [0, 0.05) is 22.5 Å². The number of fused-ring (bicyclic) bond motifs is 2. The Morgan fingerprint density at radius 2 is 1.97 bits per heavy atom. The van der Waals surface area contributed by atoms with E-state index in [-0.39, 0.29) is 12.9 Å². The molecule has 4 aromatic rings. The zero-order valence-electron chi connectivity index (χ0n) is 21.1. The number of imidazole rings is 1. The lowest BCUT2D eigenvalue weighted by atomic mass is 9.94. The Kier molecular flexibility index (Phi) is 7.47. The Morgan fingerprint density at radius 1 is 1.21 bits per heavy atom. The Hall–Kier alpha value is -3.51. The lowest BCUT2D eigenvalue weighted by Crippen LogP contribution is -2.41. The fraction of sp³-hybridized carbons (Fsp3) is 0.333. The molecule has 1 fully saturated rings. The lowest BCUT2D eigenvalue weighted by Gasteiger charge is -2.31. The fourth-order valence-corrected chi connectivity index (χ4v) is 6.19. The van der Waals surface area contributed by atoms with E-state index in [4.69, 9.17) is 24.9 Å². The van der Waals surface area contributed by atoms with Crippen LogP contribution in [-0.4, -0.2) is 45.8 Å². The van der Waals surface area contributed by atoms with Crippen LogP contribution in [0.1, 0.15) is 24.8 Å². The number of aromatic nitrogens is 4. The summed E-state index contributed by atoms with van der Waals surface area (Å²) in [6.45, 7) is 2.68. The van der Waals surface area contributed by atoms with Crippen molar-refractivity contribution in [3.05, 3.63) is 58.8 Å². The van der Waals surface area contributed by atoms with Crippen molar-refractivity contribution < 1.29 is 23.6 Å². The predicted octanol–water partition coefficient (Wildman–Crippen LogP) is 4.91. The topological polar surface area (TPSA) is 119 Å². The summed E-state index contributed by atoms with van der Waals surface area (Å²) in [5.41, 5.74) is 8.65. The quantitative estimate of drug-likeness (QED) is 0.283. The number of aryl methyl sites for hydroxylation is 1. The molecule has 4 heterocycles. The highest BCUT2D eigenvalue weighted by atomic mass is 79.9. The first-order chi connectivity index (χ1) is 19.0. The first-order valence-corrected chi connectivity index (χ1v) is 14.4. The molecule has 0 aliphatic carbocycles. The standard InChI is InChI=1S/C27H27BrN6O4S/c28-19-12-20-21(38-16-37-20)13-22(19)39-26-31-23-24(29)30-15-34(25(23)32-26)11-8-17-6-9-33(10-7-17)27(35)36-14-18-4-2-1-3-5-18/h1-5,12-13,15,17H,6-11,14,16H2,(H2,29,31,32)/p+1. The molecule has 0 bridgehead atoms. The van der Waals surface area contributed by atoms with Crippen LogP contribution in [0.4, 0.5) is 10.6 Å². The Morgan fingerprint density at radius 3 is 2.77 bits per heavy atom. The predicted molar refractivity (Wildman–Crippen MR) is 148 cm³/mol. The van der Waals surface area contributed by atoms with Crippen LogP contribution in [0.15, 0.2) is 63.3 Å². The SMILES string of the molecule is Nc1nc[n+](CCC2CCN(C(=O)OCc3ccccc3)CC2)c2nc(Sc3cc4c(cc3Br)OCO4)[nH]c12. The van der Waals surface area contributed by atoms with Crippen molar-refractivity contribution in [3.8, 4) is 11.5 Å². The van der Waals surface area contributed by atoms with Gasteiger partial charge < -0.3 is 29.8 Å². The maximum atomic E-state index is 12.5. The maximum Gasteiger partial charge on any atom is 0.410 e. The normalized spacial score (nSPS) is 15.2. The Labute approximate surface area is 238 Å². The molecule has 1 saturated heterocycles. The van der Waals surface area contributed by atoms with Crippen LogP contribution in [0.25, 0.3) is 11.2 Å². The highest BCUT2D eigenvalue weighted by Gasteiger charge is 2.26. The van der Waals surface area contributed by atoms with Crippen LogP contribution < -0.4 is 19.8 Å². The molecule has 6 rings (SSSR count). The van der Waals surface area contributed by atoms with E-state index < -0.39 is 0 Å². The van der Waals surface area contributed by atoms with Crippen LogP contribution in [0.2, 0.25) is 0 Å². The number of piperidine rings is 1. The van der Waals surface area contributed by atoms with Gasteiger partial charge in [0.05, 0.1) is 6.54 Å². The number of carbonyl (C=O) groups excluding carboxylic acids is 1. The number of rotatable bonds is 7. The van der Waals surface area contributed by atoms with Gasteiger partial charge in [-0.1, -0.05) is 40.3 Å². The molecule has 2 aliphatic rings. The monoisotopic (exact) mass is 611 g/mol. The number of amides is 1. The molecular formula is C27H28BrN6O4S+. The van der Waals surface area contributed by atoms with Crippen LogP contribution in [-0.2, 0) is 17.9 Å². The van der Waals surface area contributed by atoms with Gasteiger partial charge >= 0.3 is 6.09 Å². The summed E-state index contributed by atoms with van der Waals surface area (Å²) in [4.78, 5) is 27.8. The van der Waals surface area contributed by atoms with Gasteiger partial charge in [-0.3, -0.25) is 0 Å². The van der Waals surface area contributed by atoms with Crippen molar-refractivity contribution in [1.82, 2.24) is 19.9 Å². The van der Waals surface area contributed by atoms with Crippen molar-refractivity contribution in [2.45, 2.75) is 42.5 Å². The molecule has 0 spiro atoms. The van der Waals surface area contributed by atoms with E-state index >= 15 is 0 Å². The smallest absolute Gasteiger partial charge is 0.410 e. The van der Waals surface area contributed by atoms with E-state index in [1.165, 1.54) is 11.8 Å². The number of likely N-dealkylation sites (tertiary alicyclic amines) is 1. The number of carbonyl (C=O) groups is 1. The lowest BCUT2D eigenvalue weighted by molar-refractivity contribution is -0.677. The first-order valence-electron chi connectivity index (χ1n) is 12.8. The van der Waals surface area contributed by atoms with E-state index in [0.29, 0.717) is 47.9 Å². The number of aromatic amines is 1. The van der Waals surface area contributed by atoms with Crippen molar-refractivity contribution in [3.63, 3.8) is 0 Å². The number of hydrogen-bond donors (Lipinski definition) is 2. The van der Waals surface area contributed by atoms with Crippen LogP contribution in [0, 0.1) is 5.92 Å². The number of anilines is 1. The zero-order chi connectivity index (χ0) is 26.8. The molecule has 39 heavy (non-hydrogen) atoms. The molecule has 0 atom stereocenters. The molecule has 10 nitrogen and oxygen atoms in total. The zero-order valence-corrected chi connectivity index (χ0v) is 23.5. The van der Waals surface area contributed by atoms with Gasteiger partial charge in [-0.15, -0.1) is 0 Å². The average molecular weight is 613 g/mol. The van der Waals surface area contributed by atoms with E-state index in [1.807, 2.05) is 47.0 Å². The summed E-state index contributed by atoms with van der Waals surface area (Å²) in [5, 5.41) is 0.709. The summed E-state index contributed by atoms with van der Waals surface area (Å²) in [7, 11) is 0. The summed E-state index contributed by atoms with van der Waals surface area (Å²) in [6.07, 6.45) is 4.34. The molecule has 2 aromatic heterocycles. The minimum Gasteiger partial charge on any atom is -0.454 e. The second-order valence-corrected chi connectivity index (χ2v) is 11.4. The number of hydrogen-bond acceptors (Lipinski definition) is 8. The van der Waals surface area contributed by atoms with Crippen molar-refractivity contribution in [2.75, 3.05) is 25.6 Å². The highest BCUT2D eigenvalue weighted by Crippen LogP contribution is 2.42. The molecule has 202 valence electrons. The number of nitrogens with zero attached hydrogens (tertiary/aromatic N) is 4. The van der Waals surface area contributed by atoms with Crippen LogP contribution in [0.3, 0.4) is 0 Å². The van der Waals surface area contributed by atoms with E-state index in [9.17, 15) is 4.79 Å². The fourth-order valence-electron chi connectivity index (χ4n) is 4.81. The molecule has 0 radical (unpaired) electrons. The number of halogens is 1. The van der Waals surface area contributed by atoms with E-state index in [1.54, 1.807) is 11.2 Å². The minimum absolute atomic E-state index is 0.222. The number of nitrogen functional groups attached to an aromatic ring is 1. The van der Waals surface area contributed by atoms with Crippen molar-refractivity contribution in [2.24, 2.45) is 5.92 Å². The number of benzene rings is 2. The number of H-pyrrole nitrogens is 1. The van der Waals surface area contributed by atoms with Gasteiger partial charge in [0.25, 0.3) is 5.65 Å². The van der Waals surface area contributed by atoms with E-state index in [2.05, 4.69) is 25.9 Å². The molecule has 0 saturated carbocycles. The molecule has 1 amide bonds. The van der Waals surface area contributed by atoms with Crippen molar-refractivity contribution in [1.29, 1.82) is 0 Å². The van der Waals surface area contributed by atoms with Gasteiger partial charge in [-0.2, -0.15) is 0 Å². The third-order valence-electron chi connectivity index (χ3n) is 7.02. The number of nitrogens with two attached hydrogens (primary N) is 1. The number of nitrogens with one attached hydrogen (secondary N) is 1. The largest absolute Gasteiger partial charge is 0.454 e. The summed E-state index contributed by atoms with van der Waals surface area (Å²) in [6, 6.07) is 13.6. The Balaban J connectivity index is 1.06. The summed E-state index contributed by atoms with van der Waals surface area (Å²) in [5.74, 6) is 2.34. The second kappa shape index (κ2) is 11.3.